The monoisotopic (exact) mass is 595 g/mol. The van der Waals surface area contributed by atoms with Crippen LogP contribution < -0.4 is 20.2 Å². The molecule has 0 radical (unpaired) electrons. The molecule has 1 aliphatic heterocycles. The van der Waals surface area contributed by atoms with Gasteiger partial charge < -0.3 is 29.7 Å². The number of aromatic nitrogens is 4. The summed E-state index contributed by atoms with van der Waals surface area (Å²) in [6.45, 7) is 5.43. The van der Waals surface area contributed by atoms with Gasteiger partial charge in [0.2, 0.25) is 5.95 Å². The molecule has 16 heteroatoms. The van der Waals surface area contributed by atoms with Gasteiger partial charge in [-0.25, -0.2) is 13.9 Å². The molecule has 0 spiro atoms. The van der Waals surface area contributed by atoms with Crippen molar-refractivity contribution in [2.24, 2.45) is 0 Å². The number of ether oxygens (including phenoxy) is 2. The standard InChI is InChI=1S/C25H35FN7O7P/c1-14(2)38-22(35)15(3)32-41(36,40-16-10-8-7-9-11-16)37-12-17-19(34)25(4,26)23(39-17)33-13-29-18-20(27-5)30-24(28-6)31-21(18)33/h7-11,13-15,17,19,23,34H,12H2,1-6H3,(H,32,36)(H2,27,28,30,31)/t15-,17+,19+,23+,25+,41?/m0/s1. The van der Waals surface area contributed by atoms with Crippen molar-refractivity contribution in [1.29, 1.82) is 0 Å². The highest BCUT2D eigenvalue weighted by atomic mass is 31.2. The van der Waals surface area contributed by atoms with E-state index in [-0.39, 0.29) is 17.3 Å². The minimum atomic E-state index is -4.28. The molecule has 1 unspecified atom stereocenters. The Balaban J connectivity index is 1.57. The number of carbonyl (C=O) groups excluding carboxylic acids is 1. The van der Waals surface area contributed by atoms with Gasteiger partial charge in [0.15, 0.2) is 28.9 Å². The fourth-order valence-electron chi connectivity index (χ4n) is 4.23. The second kappa shape index (κ2) is 12.2. The Kier molecular flexibility index (Phi) is 9.14. The molecular weight excluding hydrogens is 560 g/mol. The van der Waals surface area contributed by atoms with Gasteiger partial charge in [0.1, 0.15) is 24.0 Å². The largest absolute Gasteiger partial charge is 0.462 e. The number of benzene rings is 1. The van der Waals surface area contributed by atoms with E-state index in [9.17, 15) is 14.5 Å². The van der Waals surface area contributed by atoms with Gasteiger partial charge in [-0.3, -0.25) is 13.9 Å². The van der Waals surface area contributed by atoms with Crippen LogP contribution in [0.4, 0.5) is 16.2 Å². The number of rotatable bonds is 12. The Hall–Kier alpha value is -3.36. The molecule has 4 rings (SSSR count). The van der Waals surface area contributed by atoms with Crippen molar-refractivity contribution in [2.45, 2.75) is 63.9 Å². The Morgan fingerprint density at radius 2 is 1.93 bits per heavy atom. The number of aliphatic hydroxyl groups is 1. The van der Waals surface area contributed by atoms with Crippen LogP contribution in [0.1, 0.15) is 33.9 Å². The molecule has 0 saturated carbocycles. The van der Waals surface area contributed by atoms with Crippen LogP contribution in [0.3, 0.4) is 0 Å². The van der Waals surface area contributed by atoms with E-state index < -0.39 is 56.6 Å². The third-order valence-electron chi connectivity index (χ3n) is 6.29. The zero-order chi connectivity index (χ0) is 29.9. The molecule has 1 fully saturated rings. The van der Waals surface area contributed by atoms with E-state index in [0.29, 0.717) is 11.3 Å². The van der Waals surface area contributed by atoms with Crippen molar-refractivity contribution in [3.63, 3.8) is 0 Å². The molecule has 1 saturated heterocycles. The van der Waals surface area contributed by atoms with E-state index in [2.05, 4.69) is 30.7 Å². The maximum atomic E-state index is 16.0. The van der Waals surface area contributed by atoms with Crippen LogP contribution in [-0.2, 0) is 23.4 Å². The average molecular weight is 596 g/mol. The first-order chi connectivity index (χ1) is 19.4. The van der Waals surface area contributed by atoms with Gasteiger partial charge >= 0.3 is 13.7 Å². The maximum Gasteiger partial charge on any atom is 0.459 e. The lowest BCUT2D eigenvalue weighted by Crippen LogP contribution is -2.41. The van der Waals surface area contributed by atoms with Gasteiger partial charge in [-0.05, 0) is 39.8 Å². The fourth-order valence-corrected chi connectivity index (χ4v) is 5.73. The number of para-hydroxylation sites is 1. The summed E-state index contributed by atoms with van der Waals surface area (Å²) in [5.74, 6) is 0.189. The van der Waals surface area contributed by atoms with Crippen molar-refractivity contribution in [3.8, 4) is 5.75 Å². The number of esters is 1. The Labute approximate surface area is 236 Å². The van der Waals surface area contributed by atoms with Gasteiger partial charge in [0.25, 0.3) is 0 Å². The zero-order valence-corrected chi connectivity index (χ0v) is 24.5. The molecular formula is C25H35FN7O7P. The van der Waals surface area contributed by atoms with Crippen LogP contribution in [0.5, 0.6) is 5.75 Å². The highest BCUT2D eigenvalue weighted by molar-refractivity contribution is 7.52. The molecule has 1 aliphatic rings. The van der Waals surface area contributed by atoms with Crippen LogP contribution in [0, 0.1) is 0 Å². The van der Waals surface area contributed by atoms with E-state index in [1.54, 1.807) is 58.3 Å². The molecule has 3 heterocycles. The van der Waals surface area contributed by atoms with Crippen molar-refractivity contribution in [3.05, 3.63) is 36.7 Å². The first-order valence-corrected chi connectivity index (χ1v) is 14.5. The van der Waals surface area contributed by atoms with E-state index in [1.165, 1.54) is 24.7 Å². The van der Waals surface area contributed by atoms with E-state index in [0.717, 1.165) is 0 Å². The number of nitrogens with one attached hydrogen (secondary N) is 3. The first kappa shape index (κ1) is 30.6. The average Bonchev–Trinajstić information content (AvgIpc) is 3.44. The summed E-state index contributed by atoms with van der Waals surface area (Å²) in [6.07, 6.45) is -3.42. The minimum absolute atomic E-state index is 0.194. The fraction of sp³-hybridized carbons (Fsp3) is 0.520. The van der Waals surface area contributed by atoms with Crippen molar-refractivity contribution < 1.29 is 37.4 Å². The van der Waals surface area contributed by atoms with Crippen LogP contribution in [0.2, 0.25) is 0 Å². The summed E-state index contributed by atoms with van der Waals surface area (Å²) in [6, 6.07) is 7.09. The van der Waals surface area contributed by atoms with Gasteiger partial charge in [-0.1, -0.05) is 18.2 Å². The van der Waals surface area contributed by atoms with Gasteiger partial charge in [0, 0.05) is 14.1 Å². The number of anilines is 2. The van der Waals surface area contributed by atoms with E-state index in [4.69, 9.17) is 18.5 Å². The Bertz CT molecular complexity index is 1410. The summed E-state index contributed by atoms with van der Waals surface area (Å²) in [7, 11) is -0.978. The quantitative estimate of drug-likeness (QED) is 0.178. The summed E-state index contributed by atoms with van der Waals surface area (Å²) in [4.78, 5) is 25.4. The molecule has 1 aromatic carbocycles. The molecule has 4 N–H and O–H groups in total. The van der Waals surface area contributed by atoms with Crippen LogP contribution in [0.25, 0.3) is 11.2 Å². The van der Waals surface area contributed by atoms with E-state index >= 15 is 4.39 Å². The highest BCUT2D eigenvalue weighted by Gasteiger charge is 2.56. The lowest BCUT2D eigenvalue weighted by molar-refractivity contribution is -0.149. The molecule has 0 amide bonds. The minimum Gasteiger partial charge on any atom is -0.462 e. The lowest BCUT2D eigenvalue weighted by Gasteiger charge is -2.25. The van der Waals surface area contributed by atoms with E-state index in [1.807, 2.05) is 0 Å². The van der Waals surface area contributed by atoms with Crippen molar-refractivity contribution in [2.75, 3.05) is 31.3 Å². The molecule has 41 heavy (non-hydrogen) atoms. The number of hydrogen-bond donors (Lipinski definition) is 4. The number of fused-ring (bicyclic) bond motifs is 1. The Morgan fingerprint density at radius 3 is 2.56 bits per heavy atom. The van der Waals surface area contributed by atoms with Crippen molar-refractivity contribution >= 4 is 36.6 Å². The summed E-state index contributed by atoms with van der Waals surface area (Å²) in [5.41, 5.74) is -1.71. The van der Waals surface area contributed by atoms with Crippen molar-refractivity contribution in [1.82, 2.24) is 24.6 Å². The molecule has 2 aromatic heterocycles. The highest BCUT2D eigenvalue weighted by Crippen LogP contribution is 2.48. The number of aliphatic hydroxyl groups excluding tert-OH is 1. The SMILES string of the molecule is CNc1nc(NC)c2ncn([C@@H]3O[C@H](COP(=O)(N[C@@H](C)C(=O)OC(C)C)Oc4ccccc4)[C@@H](O)[C@@]3(C)F)c2n1. The number of halogens is 1. The normalized spacial score (nSPS) is 24.7. The number of alkyl halides is 1. The van der Waals surface area contributed by atoms with Crippen LogP contribution in [0.15, 0.2) is 36.7 Å². The second-order valence-corrected chi connectivity index (χ2v) is 11.6. The van der Waals surface area contributed by atoms with Crippen LogP contribution in [-0.4, -0.2) is 81.3 Å². The van der Waals surface area contributed by atoms with Gasteiger partial charge in [-0.15, -0.1) is 0 Å². The zero-order valence-electron chi connectivity index (χ0n) is 23.6. The van der Waals surface area contributed by atoms with Gasteiger partial charge in [0.05, 0.1) is 19.0 Å². The molecule has 14 nitrogen and oxygen atoms in total. The number of hydrogen-bond acceptors (Lipinski definition) is 12. The number of carbonyl (C=O) groups is 1. The maximum absolute atomic E-state index is 16.0. The third-order valence-corrected chi connectivity index (χ3v) is 7.93. The second-order valence-electron chi connectivity index (χ2n) is 9.88. The predicted molar refractivity (Wildman–Crippen MR) is 148 cm³/mol. The predicted octanol–water partition coefficient (Wildman–Crippen LogP) is 3.03. The first-order valence-electron chi connectivity index (χ1n) is 13.0. The smallest absolute Gasteiger partial charge is 0.459 e. The summed E-state index contributed by atoms with van der Waals surface area (Å²) in [5, 5.41) is 19.2. The molecule has 3 aromatic rings. The molecule has 6 atom stereocenters. The lowest BCUT2D eigenvalue weighted by atomic mass is 9.98. The Morgan fingerprint density at radius 1 is 1.22 bits per heavy atom. The van der Waals surface area contributed by atoms with Crippen LogP contribution >= 0.6 is 7.75 Å². The number of nitrogens with zero attached hydrogens (tertiary/aromatic N) is 4. The topological polar surface area (TPSA) is 171 Å². The number of imidazole rings is 1. The third kappa shape index (κ3) is 6.60. The molecule has 0 bridgehead atoms. The van der Waals surface area contributed by atoms with Gasteiger partial charge in [-0.2, -0.15) is 15.1 Å². The molecule has 224 valence electrons. The summed E-state index contributed by atoms with van der Waals surface area (Å²) < 4.78 is 53.5. The summed E-state index contributed by atoms with van der Waals surface area (Å²) >= 11 is 0. The molecule has 0 aliphatic carbocycles.